The number of hydrogen-bond donors (Lipinski definition) is 3. The molecule has 0 spiro atoms. The van der Waals surface area contributed by atoms with Crippen molar-refractivity contribution in [3.63, 3.8) is 0 Å². The third-order valence-corrected chi connectivity index (χ3v) is 3.33. The van der Waals surface area contributed by atoms with Crippen molar-refractivity contribution in [3.8, 4) is 0 Å². The lowest BCUT2D eigenvalue weighted by atomic mass is 10.2. The van der Waals surface area contributed by atoms with Gasteiger partial charge >= 0.3 is 0 Å². The third-order valence-electron chi connectivity index (χ3n) is 3.33. The Balaban J connectivity index is 0.00000400. The smallest absolute Gasteiger partial charge is 0.221 e. The van der Waals surface area contributed by atoms with Crippen LogP contribution in [0.1, 0.15) is 39.0 Å². The summed E-state index contributed by atoms with van der Waals surface area (Å²) in [7, 11) is 1.72. The summed E-state index contributed by atoms with van der Waals surface area (Å²) in [4.78, 5) is 15.8. The average molecular weight is 412 g/mol. The Hall–Kier alpha value is -0.570. The van der Waals surface area contributed by atoms with Gasteiger partial charge in [-0.05, 0) is 19.8 Å². The van der Waals surface area contributed by atoms with E-state index >= 15 is 0 Å². The molecule has 1 aliphatic rings. The van der Waals surface area contributed by atoms with Gasteiger partial charge in [-0.25, -0.2) is 0 Å². The van der Waals surface area contributed by atoms with E-state index in [-0.39, 0.29) is 29.9 Å². The molecule has 0 aromatic heterocycles. The van der Waals surface area contributed by atoms with Crippen LogP contribution in [0.2, 0.25) is 0 Å². The van der Waals surface area contributed by atoms with Crippen LogP contribution in [0.3, 0.4) is 0 Å². The zero-order valence-corrected chi connectivity index (χ0v) is 15.4. The van der Waals surface area contributed by atoms with Crippen LogP contribution in [0.4, 0.5) is 0 Å². The lowest BCUT2D eigenvalue weighted by Gasteiger charge is -2.14. The second-order valence-corrected chi connectivity index (χ2v) is 4.92. The van der Waals surface area contributed by atoms with Crippen molar-refractivity contribution in [1.82, 2.24) is 16.0 Å². The van der Waals surface area contributed by atoms with Crippen molar-refractivity contribution >= 4 is 35.8 Å². The largest absolute Gasteiger partial charge is 0.380 e. The average Bonchev–Trinajstić information content (AvgIpc) is 2.94. The van der Waals surface area contributed by atoms with E-state index in [9.17, 15) is 4.79 Å². The van der Waals surface area contributed by atoms with Crippen LogP contribution in [0.15, 0.2) is 4.99 Å². The van der Waals surface area contributed by atoms with Gasteiger partial charge in [0.05, 0.1) is 6.61 Å². The Kier molecular flexibility index (Phi) is 12.8. The number of ether oxygens (including phenoxy) is 1. The molecule has 0 aromatic carbocycles. The minimum Gasteiger partial charge on any atom is -0.380 e. The number of nitrogens with zero attached hydrogens (tertiary/aromatic N) is 1. The van der Waals surface area contributed by atoms with E-state index in [1.165, 1.54) is 12.8 Å². The molecule has 124 valence electrons. The van der Waals surface area contributed by atoms with Crippen LogP contribution >= 0.6 is 24.0 Å². The van der Waals surface area contributed by atoms with Crippen molar-refractivity contribution in [2.24, 2.45) is 4.99 Å². The van der Waals surface area contributed by atoms with Crippen molar-refractivity contribution in [2.75, 3.05) is 33.4 Å². The number of carbonyl (C=O) groups is 1. The molecular weight excluding hydrogens is 383 g/mol. The Morgan fingerprint density at radius 3 is 2.52 bits per heavy atom. The lowest BCUT2D eigenvalue weighted by Crippen LogP contribution is -2.41. The van der Waals surface area contributed by atoms with Gasteiger partial charge < -0.3 is 20.7 Å². The zero-order valence-electron chi connectivity index (χ0n) is 13.1. The molecule has 6 nitrogen and oxygen atoms in total. The molecule has 7 heteroatoms. The van der Waals surface area contributed by atoms with Crippen LogP contribution in [-0.4, -0.2) is 51.3 Å². The van der Waals surface area contributed by atoms with Crippen molar-refractivity contribution in [1.29, 1.82) is 0 Å². The van der Waals surface area contributed by atoms with Crippen LogP contribution in [0.5, 0.6) is 0 Å². The normalized spacial score (nSPS) is 15.4. The maximum absolute atomic E-state index is 11.7. The van der Waals surface area contributed by atoms with Crippen molar-refractivity contribution in [2.45, 2.75) is 45.1 Å². The molecule has 0 radical (unpaired) electrons. The molecule has 1 amide bonds. The molecule has 0 unspecified atom stereocenters. The van der Waals surface area contributed by atoms with Crippen molar-refractivity contribution in [3.05, 3.63) is 0 Å². The molecular formula is C14H29IN4O2. The summed E-state index contributed by atoms with van der Waals surface area (Å²) in [6.07, 6.45) is 5.20. The standard InChI is InChI=1S/C14H28N4O2.HI/c1-3-20-11-10-17-14(15-2)16-9-8-13(19)18-12-6-4-5-7-12;/h12H,3-11H2,1-2H3,(H,18,19)(H2,15,16,17);1H. The first kappa shape index (κ1) is 20.4. The molecule has 0 aromatic rings. The minimum atomic E-state index is 0. The van der Waals surface area contributed by atoms with Gasteiger partial charge in [0.2, 0.25) is 5.91 Å². The van der Waals surface area contributed by atoms with E-state index in [2.05, 4.69) is 20.9 Å². The third kappa shape index (κ3) is 9.89. The molecule has 0 bridgehead atoms. The van der Waals surface area contributed by atoms with E-state index < -0.39 is 0 Å². The summed E-state index contributed by atoms with van der Waals surface area (Å²) in [6, 6.07) is 0.395. The highest BCUT2D eigenvalue weighted by Gasteiger charge is 2.16. The quantitative estimate of drug-likeness (QED) is 0.243. The first-order valence-corrected chi connectivity index (χ1v) is 7.58. The van der Waals surface area contributed by atoms with Gasteiger partial charge in [-0.3, -0.25) is 9.79 Å². The molecule has 1 saturated carbocycles. The fourth-order valence-electron chi connectivity index (χ4n) is 2.27. The molecule has 3 N–H and O–H groups in total. The van der Waals surface area contributed by atoms with Gasteiger partial charge in [0.15, 0.2) is 5.96 Å². The molecule has 1 aliphatic carbocycles. The van der Waals surface area contributed by atoms with E-state index in [1.54, 1.807) is 7.05 Å². The van der Waals surface area contributed by atoms with Gasteiger partial charge in [0, 0.05) is 39.2 Å². The number of nitrogens with one attached hydrogen (secondary N) is 3. The molecule has 0 atom stereocenters. The second-order valence-electron chi connectivity index (χ2n) is 4.92. The van der Waals surface area contributed by atoms with Crippen LogP contribution in [0.25, 0.3) is 0 Å². The summed E-state index contributed by atoms with van der Waals surface area (Å²) in [5, 5.41) is 9.33. The Bertz CT molecular complexity index is 307. The van der Waals surface area contributed by atoms with E-state index in [0.717, 1.165) is 19.4 Å². The number of rotatable bonds is 8. The summed E-state index contributed by atoms with van der Waals surface area (Å²) >= 11 is 0. The molecule has 0 aliphatic heterocycles. The van der Waals surface area contributed by atoms with Gasteiger partial charge in [0.25, 0.3) is 0 Å². The lowest BCUT2D eigenvalue weighted by molar-refractivity contribution is -0.121. The Labute approximate surface area is 144 Å². The highest BCUT2D eigenvalue weighted by Crippen LogP contribution is 2.17. The molecule has 1 rings (SSSR count). The van der Waals surface area contributed by atoms with E-state index in [0.29, 0.717) is 38.1 Å². The fraction of sp³-hybridized carbons (Fsp3) is 0.857. The molecule has 0 heterocycles. The molecule has 21 heavy (non-hydrogen) atoms. The number of halogens is 1. The number of guanidine groups is 1. The maximum atomic E-state index is 11.7. The first-order chi connectivity index (χ1) is 9.76. The second kappa shape index (κ2) is 13.1. The van der Waals surface area contributed by atoms with E-state index in [1.807, 2.05) is 6.92 Å². The van der Waals surface area contributed by atoms with E-state index in [4.69, 9.17) is 4.74 Å². The summed E-state index contributed by atoms with van der Waals surface area (Å²) in [6.45, 7) is 4.64. The number of aliphatic imine (C=N–C) groups is 1. The predicted octanol–water partition coefficient (Wildman–Crippen LogP) is 1.25. The van der Waals surface area contributed by atoms with Crippen molar-refractivity contribution < 1.29 is 9.53 Å². The number of carbonyl (C=O) groups excluding carboxylic acids is 1. The van der Waals surface area contributed by atoms with Gasteiger partial charge in [0.1, 0.15) is 0 Å². The minimum absolute atomic E-state index is 0. The van der Waals surface area contributed by atoms with Crippen LogP contribution in [0, 0.1) is 0 Å². The molecule has 0 saturated heterocycles. The SMILES string of the molecule is CCOCCNC(=NC)NCCC(=O)NC1CCCC1.I. The fourth-order valence-corrected chi connectivity index (χ4v) is 2.27. The Morgan fingerprint density at radius 2 is 1.90 bits per heavy atom. The predicted molar refractivity (Wildman–Crippen MR) is 96.3 cm³/mol. The summed E-state index contributed by atoms with van der Waals surface area (Å²) in [5.41, 5.74) is 0. The zero-order chi connectivity index (χ0) is 14.6. The highest BCUT2D eigenvalue weighted by atomic mass is 127. The van der Waals surface area contributed by atoms with Crippen LogP contribution < -0.4 is 16.0 Å². The summed E-state index contributed by atoms with van der Waals surface area (Å²) in [5.74, 6) is 0.826. The molecule has 1 fully saturated rings. The first-order valence-electron chi connectivity index (χ1n) is 7.58. The topological polar surface area (TPSA) is 74.8 Å². The van der Waals surface area contributed by atoms with Gasteiger partial charge in [-0.2, -0.15) is 0 Å². The summed E-state index contributed by atoms with van der Waals surface area (Å²) < 4.78 is 5.24. The monoisotopic (exact) mass is 412 g/mol. The highest BCUT2D eigenvalue weighted by molar-refractivity contribution is 14.0. The maximum Gasteiger partial charge on any atom is 0.221 e. The number of hydrogen-bond acceptors (Lipinski definition) is 3. The van der Waals surface area contributed by atoms with Gasteiger partial charge in [-0.15, -0.1) is 24.0 Å². The van der Waals surface area contributed by atoms with Crippen LogP contribution in [-0.2, 0) is 9.53 Å². The number of amides is 1. The van der Waals surface area contributed by atoms with Gasteiger partial charge in [-0.1, -0.05) is 12.8 Å². The Morgan fingerprint density at radius 1 is 1.24 bits per heavy atom.